The first kappa shape index (κ1) is 16.4. The summed E-state index contributed by atoms with van der Waals surface area (Å²) in [4.78, 5) is 9.06. The number of benzene rings is 1. The third-order valence-electron chi connectivity index (χ3n) is 3.77. The minimum absolute atomic E-state index is 0.110. The Morgan fingerprint density at radius 1 is 1.21 bits per heavy atom. The molecule has 3 rings (SSSR count). The number of aromatic nitrogens is 2. The highest BCUT2D eigenvalue weighted by molar-refractivity contribution is 7.91. The molecule has 0 aliphatic carbocycles. The van der Waals surface area contributed by atoms with Crippen LogP contribution in [0.2, 0.25) is 0 Å². The molecular weight excluding hydrogens is 324 g/mol. The van der Waals surface area contributed by atoms with Gasteiger partial charge in [0.05, 0.1) is 11.5 Å². The lowest BCUT2D eigenvalue weighted by molar-refractivity contribution is 0.602. The van der Waals surface area contributed by atoms with Crippen molar-refractivity contribution < 1.29 is 8.42 Å². The number of sulfone groups is 1. The second-order valence-corrected chi connectivity index (χ2v) is 7.97. The van der Waals surface area contributed by atoms with Gasteiger partial charge in [-0.2, -0.15) is 0 Å². The lowest BCUT2D eigenvalue weighted by Crippen LogP contribution is -2.21. The first-order valence-electron chi connectivity index (χ1n) is 7.82. The van der Waals surface area contributed by atoms with Crippen molar-refractivity contribution in [3.8, 4) is 11.4 Å². The van der Waals surface area contributed by atoms with Gasteiger partial charge in [0.15, 0.2) is 15.7 Å². The van der Waals surface area contributed by atoms with Gasteiger partial charge in [-0.3, -0.25) is 0 Å². The van der Waals surface area contributed by atoms with E-state index in [1.807, 2.05) is 30.3 Å². The van der Waals surface area contributed by atoms with Gasteiger partial charge < -0.3 is 10.6 Å². The molecule has 1 atom stereocenters. The average Bonchev–Trinajstić information content (AvgIpc) is 2.92. The van der Waals surface area contributed by atoms with E-state index in [9.17, 15) is 8.42 Å². The van der Waals surface area contributed by atoms with Gasteiger partial charge in [-0.1, -0.05) is 36.4 Å². The summed E-state index contributed by atoms with van der Waals surface area (Å²) >= 11 is 0. The van der Waals surface area contributed by atoms with Gasteiger partial charge in [0.2, 0.25) is 0 Å². The van der Waals surface area contributed by atoms with E-state index in [1.165, 1.54) is 0 Å². The Bertz CT molecular complexity index is 822. The van der Waals surface area contributed by atoms with Crippen LogP contribution < -0.4 is 10.6 Å². The lowest BCUT2D eigenvalue weighted by atomic mass is 10.2. The fourth-order valence-electron chi connectivity index (χ4n) is 2.62. The number of nitrogens with one attached hydrogen (secondary N) is 2. The number of rotatable bonds is 6. The number of anilines is 2. The van der Waals surface area contributed by atoms with E-state index in [0.29, 0.717) is 30.4 Å². The number of hydrogen-bond donors (Lipinski definition) is 2. The van der Waals surface area contributed by atoms with Crippen LogP contribution in [0.3, 0.4) is 0 Å². The van der Waals surface area contributed by atoms with Gasteiger partial charge in [0, 0.05) is 24.2 Å². The molecule has 0 saturated carbocycles. The Morgan fingerprint density at radius 3 is 2.62 bits per heavy atom. The topological polar surface area (TPSA) is 84.0 Å². The number of hydrogen-bond acceptors (Lipinski definition) is 6. The quantitative estimate of drug-likeness (QED) is 0.783. The predicted molar refractivity (Wildman–Crippen MR) is 96.8 cm³/mol. The smallest absolute Gasteiger partial charge is 0.163 e. The molecule has 2 heterocycles. The van der Waals surface area contributed by atoms with Crippen molar-refractivity contribution in [3.05, 3.63) is 49.1 Å². The average molecular weight is 344 g/mol. The number of nitrogens with zero attached hydrogens (tertiary/aromatic N) is 2. The molecule has 0 radical (unpaired) electrons. The van der Waals surface area contributed by atoms with E-state index in [-0.39, 0.29) is 17.5 Å². The summed E-state index contributed by atoms with van der Waals surface area (Å²) < 4.78 is 23.3. The van der Waals surface area contributed by atoms with Crippen LogP contribution in [0.25, 0.3) is 11.4 Å². The molecule has 1 unspecified atom stereocenters. The Morgan fingerprint density at radius 2 is 1.96 bits per heavy atom. The van der Waals surface area contributed by atoms with Crippen LogP contribution in [0.4, 0.5) is 11.6 Å². The van der Waals surface area contributed by atoms with Crippen molar-refractivity contribution in [2.45, 2.75) is 12.5 Å². The molecule has 1 fully saturated rings. The minimum atomic E-state index is -2.94. The molecule has 1 aliphatic heterocycles. The molecule has 1 aromatic heterocycles. The normalized spacial score (nSPS) is 18.9. The molecule has 1 saturated heterocycles. The van der Waals surface area contributed by atoms with Crippen LogP contribution in [0, 0.1) is 0 Å². The summed E-state index contributed by atoms with van der Waals surface area (Å²) in [6.45, 7) is 4.28. The third-order valence-corrected chi connectivity index (χ3v) is 5.54. The molecule has 2 aromatic rings. The second-order valence-electron chi connectivity index (χ2n) is 5.74. The molecule has 6 nitrogen and oxygen atoms in total. The first-order chi connectivity index (χ1) is 11.6. The second kappa shape index (κ2) is 7.00. The molecule has 126 valence electrons. The summed E-state index contributed by atoms with van der Waals surface area (Å²) in [7, 11) is -2.94. The van der Waals surface area contributed by atoms with Crippen molar-refractivity contribution in [1.82, 2.24) is 9.97 Å². The summed E-state index contributed by atoms with van der Waals surface area (Å²) in [6.07, 6.45) is 2.35. The van der Waals surface area contributed by atoms with E-state index in [0.717, 1.165) is 5.56 Å². The lowest BCUT2D eigenvalue weighted by Gasteiger charge is -2.14. The molecule has 0 bridgehead atoms. The fraction of sp³-hybridized carbons (Fsp3) is 0.294. The van der Waals surface area contributed by atoms with Gasteiger partial charge in [0.1, 0.15) is 11.6 Å². The summed E-state index contributed by atoms with van der Waals surface area (Å²) in [5.74, 6) is 2.26. The van der Waals surface area contributed by atoms with E-state index in [2.05, 4.69) is 27.2 Å². The maximum absolute atomic E-state index is 11.6. The molecule has 24 heavy (non-hydrogen) atoms. The van der Waals surface area contributed by atoms with Crippen LogP contribution in [0.15, 0.2) is 49.1 Å². The van der Waals surface area contributed by atoms with Crippen LogP contribution >= 0.6 is 0 Å². The molecule has 7 heteroatoms. The molecule has 1 aromatic carbocycles. The molecule has 2 N–H and O–H groups in total. The monoisotopic (exact) mass is 344 g/mol. The molecule has 0 amide bonds. The zero-order chi connectivity index (χ0) is 17.0. The summed E-state index contributed by atoms with van der Waals surface area (Å²) in [5, 5.41) is 6.39. The van der Waals surface area contributed by atoms with Crippen LogP contribution in [-0.4, -0.2) is 42.5 Å². The summed E-state index contributed by atoms with van der Waals surface area (Å²) in [6, 6.07) is 11.4. The Kier molecular flexibility index (Phi) is 4.80. The van der Waals surface area contributed by atoms with Gasteiger partial charge in [-0.05, 0) is 6.42 Å². The minimum Gasteiger partial charge on any atom is -0.366 e. The highest BCUT2D eigenvalue weighted by Gasteiger charge is 2.28. The van der Waals surface area contributed by atoms with E-state index in [4.69, 9.17) is 0 Å². The first-order valence-corrected chi connectivity index (χ1v) is 9.64. The zero-order valence-electron chi connectivity index (χ0n) is 13.3. The molecular formula is C17H20N4O2S. The van der Waals surface area contributed by atoms with Crippen molar-refractivity contribution in [3.63, 3.8) is 0 Å². The van der Waals surface area contributed by atoms with Crippen molar-refractivity contribution >= 4 is 21.5 Å². The van der Waals surface area contributed by atoms with Crippen LogP contribution in [0.1, 0.15) is 6.42 Å². The Labute approximate surface area is 142 Å². The van der Waals surface area contributed by atoms with Gasteiger partial charge in [-0.25, -0.2) is 18.4 Å². The van der Waals surface area contributed by atoms with Crippen LogP contribution in [-0.2, 0) is 9.84 Å². The van der Waals surface area contributed by atoms with Gasteiger partial charge >= 0.3 is 0 Å². The maximum Gasteiger partial charge on any atom is 0.163 e. The SMILES string of the molecule is C=CCNc1cc(NC2CCS(=O)(=O)C2)nc(-c2ccccc2)n1. The Hall–Kier alpha value is -2.41. The van der Waals surface area contributed by atoms with Crippen LogP contribution in [0.5, 0.6) is 0 Å². The fourth-order valence-corrected chi connectivity index (χ4v) is 4.30. The Balaban J connectivity index is 1.88. The molecule has 0 spiro atoms. The standard InChI is InChI=1S/C17H20N4O2S/c1-2-9-18-15-11-16(19-14-8-10-24(22,23)12-14)21-17(20-15)13-6-4-3-5-7-13/h2-7,11,14H,1,8-10,12H2,(H2,18,19,20,21). The maximum atomic E-state index is 11.6. The highest BCUT2D eigenvalue weighted by Crippen LogP contribution is 2.22. The van der Waals surface area contributed by atoms with Crippen molar-refractivity contribution in [2.24, 2.45) is 0 Å². The molecule has 1 aliphatic rings. The van der Waals surface area contributed by atoms with E-state index < -0.39 is 9.84 Å². The van der Waals surface area contributed by atoms with Gasteiger partial charge in [0.25, 0.3) is 0 Å². The zero-order valence-corrected chi connectivity index (χ0v) is 14.1. The largest absolute Gasteiger partial charge is 0.366 e. The van der Waals surface area contributed by atoms with E-state index in [1.54, 1.807) is 12.1 Å². The highest BCUT2D eigenvalue weighted by atomic mass is 32.2. The third kappa shape index (κ3) is 4.11. The van der Waals surface area contributed by atoms with E-state index >= 15 is 0 Å². The van der Waals surface area contributed by atoms with Crippen molar-refractivity contribution in [1.29, 1.82) is 0 Å². The summed E-state index contributed by atoms with van der Waals surface area (Å²) in [5.41, 5.74) is 0.904. The predicted octanol–water partition coefficient (Wildman–Crippen LogP) is 2.34. The van der Waals surface area contributed by atoms with Gasteiger partial charge in [-0.15, -0.1) is 6.58 Å². The van der Waals surface area contributed by atoms with Crippen molar-refractivity contribution in [2.75, 3.05) is 28.7 Å².